The largest absolute Gasteiger partial charge is 0.378 e. The minimum absolute atomic E-state index is 0.162. The van der Waals surface area contributed by atoms with E-state index in [2.05, 4.69) is 15.7 Å². The summed E-state index contributed by atoms with van der Waals surface area (Å²) in [6.45, 7) is 2.67. The number of halogens is 1. The maximum atomic E-state index is 12.0. The smallest absolute Gasteiger partial charge is 0.253 e. The highest BCUT2D eigenvalue weighted by molar-refractivity contribution is 6.33. The van der Waals surface area contributed by atoms with Gasteiger partial charge in [-0.3, -0.25) is 4.79 Å². The second kappa shape index (κ2) is 6.18. The van der Waals surface area contributed by atoms with E-state index in [-0.39, 0.29) is 18.1 Å². The summed E-state index contributed by atoms with van der Waals surface area (Å²) >= 11 is 5.92. The monoisotopic (exact) mass is 284 g/mol. The van der Waals surface area contributed by atoms with E-state index in [4.69, 9.17) is 22.2 Å². The van der Waals surface area contributed by atoms with Gasteiger partial charge in [0.25, 0.3) is 5.91 Å². The van der Waals surface area contributed by atoms with E-state index in [9.17, 15) is 4.79 Å². The van der Waals surface area contributed by atoms with Crippen molar-refractivity contribution < 1.29 is 9.53 Å². The number of hydrogen-bond acceptors (Lipinski definition) is 5. The Bertz CT molecular complexity index is 463. The Hall–Kier alpha value is -1.37. The minimum atomic E-state index is -0.182. The van der Waals surface area contributed by atoms with Crippen LogP contribution in [0.3, 0.4) is 0 Å². The SMILES string of the molecule is CCOC1CC(NC(=O)c2cnc(NN)c(Cl)c2)C1. The van der Waals surface area contributed by atoms with Crippen LogP contribution in [0, 0.1) is 0 Å². The Balaban J connectivity index is 1.89. The Morgan fingerprint density at radius 3 is 2.95 bits per heavy atom. The number of aromatic nitrogens is 1. The number of ether oxygens (including phenoxy) is 1. The van der Waals surface area contributed by atoms with Gasteiger partial charge in [0.2, 0.25) is 0 Å². The topological polar surface area (TPSA) is 89.3 Å². The van der Waals surface area contributed by atoms with Crippen LogP contribution in [0.15, 0.2) is 12.3 Å². The lowest BCUT2D eigenvalue weighted by molar-refractivity contribution is -0.00862. The molecule has 19 heavy (non-hydrogen) atoms. The molecule has 0 saturated heterocycles. The van der Waals surface area contributed by atoms with Gasteiger partial charge in [-0.2, -0.15) is 0 Å². The van der Waals surface area contributed by atoms with Crippen LogP contribution in [-0.2, 0) is 4.74 Å². The fraction of sp³-hybridized carbons (Fsp3) is 0.500. The van der Waals surface area contributed by atoms with Crippen molar-refractivity contribution in [3.63, 3.8) is 0 Å². The van der Waals surface area contributed by atoms with Gasteiger partial charge in [-0.15, -0.1) is 0 Å². The zero-order chi connectivity index (χ0) is 13.8. The molecule has 0 atom stereocenters. The standard InChI is InChI=1S/C12H17ClN4O2/c1-2-19-9-4-8(5-9)16-12(18)7-3-10(13)11(17-14)15-6-7/h3,6,8-9H,2,4-5,14H2,1H3,(H,15,17)(H,16,18). The number of nitrogen functional groups attached to an aromatic ring is 1. The summed E-state index contributed by atoms with van der Waals surface area (Å²) in [5, 5.41) is 3.23. The number of carbonyl (C=O) groups excluding carboxylic acids is 1. The first-order valence-corrected chi connectivity index (χ1v) is 6.56. The van der Waals surface area contributed by atoms with Crippen LogP contribution in [0.4, 0.5) is 5.82 Å². The van der Waals surface area contributed by atoms with E-state index < -0.39 is 0 Å². The molecule has 0 aliphatic heterocycles. The van der Waals surface area contributed by atoms with Gasteiger partial charge in [-0.05, 0) is 25.8 Å². The predicted molar refractivity (Wildman–Crippen MR) is 73.0 cm³/mol. The number of pyridine rings is 1. The van der Waals surface area contributed by atoms with E-state index >= 15 is 0 Å². The molecular formula is C12H17ClN4O2. The number of hydrazine groups is 1. The van der Waals surface area contributed by atoms with E-state index in [1.54, 1.807) is 0 Å². The Morgan fingerprint density at radius 2 is 2.37 bits per heavy atom. The fourth-order valence-corrected chi connectivity index (χ4v) is 2.21. The average Bonchev–Trinajstić information content (AvgIpc) is 2.36. The summed E-state index contributed by atoms with van der Waals surface area (Å²) in [4.78, 5) is 15.9. The molecule has 7 heteroatoms. The summed E-state index contributed by atoms with van der Waals surface area (Å²) in [6, 6.07) is 1.70. The summed E-state index contributed by atoms with van der Waals surface area (Å²) in [5.41, 5.74) is 2.77. The first-order valence-electron chi connectivity index (χ1n) is 6.18. The number of anilines is 1. The van der Waals surface area contributed by atoms with Gasteiger partial charge < -0.3 is 15.5 Å². The van der Waals surface area contributed by atoms with Crippen LogP contribution < -0.4 is 16.6 Å². The van der Waals surface area contributed by atoms with Crippen LogP contribution in [0.1, 0.15) is 30.1 Å². The van der Waals surface area contributed by atoms with Crippen LogP contribution in [-0.4, -0.2) is 29.6 Å². The van der Waals surface area contributed by atoms with Crippen molar-refractivity contribution in [1.82, 2.24) is 10.3 Å². The molecule has 0 bridgehead atoms. The lowest BCUT2D eigenvalue weighted by atomic mass is 9.89. The van der Waals surface area contributed by atoms with Crippen molar-refractivity contribution in [2.45, 2.75) is 31.9 Å². The van der Waals surface area contributed by atoms with Crippen molar-refractivity contribution in [1.29, 1.82) is 0 Å². The summed E-state index contributed by atoms with van der Waals surface area (Å²) in [5.74, 6) is 5.38. The van der Waals surface area contributed by atoms with Crippen molar-refractivity contribution >= 4 is 23.3 Å². The van der Waals surface area contributed by atoms with Crippen molar-refractivity contribution in [3.8, 4) is 0 Å². The van der Waals surface area contributed by atoms with Gasteiger partial charge in [-0.1, -0.05) is 11.6 Å². The van der Waals surface area contributed by atoms with Crippen LogP contribution in [0.25, 0.3) is 0 Å². The third-order valence-electron chi connectivity index (χ3n) is 3.07. The molecule has 1 amide bonds. The van der Waals surface area contributed by atoms with Gasteiger partial charge in [0, 0.05) is 18.8 Å². The van der Waals surface area contributed by atoms with E-state index in [1.165, 1.54) is 12.3 Å². The number of nitrogens with zero attached hydrogens (tertiary/aromatic N) is 1. The molecule has 4 N–H and O–H groups in total. The molecule has 0 aromatic carbocycles. The normalized spacial score (nSPS) is 21.6. The van der Waals surface area contributed by atoms with E-state index in [0.717, 1.165) is 12.8 Å². The average molecular weight is 285 g/mol. The number of nitrogens with one attached hydrogen (secondary N) is 2. The molecule has 0 spiro atoms. The molecule has 1 aliphatic rings. The molecule has 1 aromatic rings. The summed E-state index contributed by atoms with van der Waals surface area (Å²) < 4.78 is 5.44. The number of hydrogen-bond donors (Lipinski definition) is 3. The molecule has 1 heterocycles. The molecular weight excluding hydrogens is 268 g/mol. The lowest BCUT2D eigenvalue weighted by Gasteiger charge is -2.35. The van der Waals surface area contributed by atoms with Gasteiger partial charge in [0.05, 0.1) is 16.7 Å². The van der Waals surface area contributed by atoms with E-state index in [0.29, 0.717) is 23.0 Å². The number of nitrogens with two attached hydrogens (primary N) is 1. The molecule has 1 fully saturated rings. The highest BCUT2D eigenvalue weighted by Gasteiger charge is 2.30. The molecule has 104 valence electrons. The molecule has 1 saturated carbocycles. The summed E-state index contributed by atoms with van der Waals surface area (Å²) in [6.07, 6.45) is 3.40. The summed E-state index contributed by atoms with van der Waals surface area (Å²) in [7, 11) is 0. The first-order chi connectivity index (χ1) is 9.13. The second-order valence-electron chi connectivity index (χ2n) is 4.42. The number of carbonyl (C=O) groups is 1. The maximum Gasteiger partial charge on any atom is 0.253 e. The molecule has 0 unspecified atom stereocenters. The van der Waals surface area contributed by atoms with Crippen LogP contribution in [0.2, 0.25) is 5.02 Å². The minimum Gasteiger partial charge on any atom is -0.378 e. The third kappa shape index (κ3) is 3.34. The van der Waals surface area contributed by atoms with Gasteiger partial charge in [0.15, 0.2) is 5.82 Å². The van der Waals surface area contributed by atoms with Crippen molar-refractivity contribution in [2.75, 3.05) is 12.0 Å². The van der Waals surface area contributed by atoms with Gasteiger partial charge >= 0.3 is 0 Å². The molecule has 1 aliphatic carbocycles. The maximum absolute atomic E-state index is 12.0. The van der Waals surface area contributed by atoms with Crippen molar-refractivity contribution in [3.05, 3.63) is 22.8 Å². The number of amides is 1. The highest BCUT2D eigenvalue weighted by Crippen LogP contribution is 2.24. The molecule has 6 nitrogen and oxygen atoms in total. The second-order valence-corrected chi connectivity index (χ2v) is 4.83. The van der Waals surface area contributed by atoms with Crippen molar-refractivity contribution in [2.24, 2.45) is 5.84 Å². The van der Waals surface area contributed by atoms with Gasteiger partial charge in [-0.25, -0.2) is 10.8 Å². The lowest BCUT2D eigenvalue weighted by Crippen LogP contribution is -2.47. The third-order valence-corrected chi connectivity index (χ3v) is 3.36. The predicted octanol–water partition coefficient (Wildman–Crippen LogP) is 1.32. The van der Waals surface area contributed by atoms with Gasteiger partial charge in [0.1, 0.15) is 0 Å². The zero-order valence-corrected chi connectivity index (χ0v) is 11.4. The van der Waals surface area contributed by atoms with E-state index in [1.807, 2.05) is 6.92 Å². The zero-order valence-electron chi connectivity index (χ0n) is 10.6. The molecule has 2 rings (SSSR count). The van der Waals surface area contributed by atoms with Crippen LogP contribution in [0.5, 0.6) is 0 Å². The Morgan fingerprint density at radius 1 is 1.63 bits per heavy atom. The fourth-order valence-electron chi connectivity index (χ4n) is 1.99. The first kappa shape index (κ1) is 14.0. The van der Waals surface area contributed by atoms with Crippen LogP contribution >= 0.6 is 11.6 Å². The molecule has 1 aromatic heterocycles. The highest BCUT2D eigenvalue weighted by atomic mass is 35.5. The Kier molecular flexibility index (Phi) is 4.57. The molecule has 0 radical (unpaired) electrons. The quantitative estimate of drug-likeness (QED) is 0.560. The number of rotatable bonds is 5. The Labute approximate surface area is 116 Å².